The monoisotopic (exact) mass is 468 g/mol. The van der Waals surface area contributed by atoms with Crippen LogP contribution in [0, 0.1) is 6.92 Å². The maximum absolute atomic E-state index is 11.7. The van der Waals surface area contributed by atoms with Gasteiger partial charge in [0.25, 0.3) is 0 Å². The van der Waals surface area contributed by atoms with Crippen LogP contribution in [0.3, 0.4) is 0 Å². The molecule has 2 aliphatic heterocycles. The van der Waals surface area contributed by atoms with Gasteiger partial charge in [0.2, 0.25) is 5.91 Å². The second-order valence-corrected chi connectivity index (χ2v) is 9.95. The number of amides is 1. The topological polar surface area (TPSA) is 90.9 Å². The highest BCUT2D eigenvalue weighted by Crippen LogP contribution is 2.48. The minimum absolute atomic E-state index is 0.161. The average Bonchev–Trinajstić information content (AvgIpc) is 2.84. The van der Waals surface area contributed by atoms with Crippen LogP contribution >= 0.6 is 11.8 Å². The SMILES string of the molecule is Cc1ccc2c(c1)N(CCCN1CCN(CCNC(=O)C(N)CN)CC1)c1ccccc1S2. The normalized spacial score (nSPS) is 17.4. The number of piperazine rings is 1. The number of anilines is 2. The summed E-state index contributed by atoms with van der Waals surface area (Å²) in [5.41, 5.74) is 15.0. The molecule has 2 aromatic carbocycles. The average molecular weight is 469 g/mol. The summed E-state index contributed by atoms with van der Waals surface area (Å²) in [5.74, 6) is -0.161. The zero-order valence-electron chi connectivity index (χ0n) is 19.5. The molecule has 1 fully saturated rings. The fourth-order valence-corrected chi connectivity index (χ4v) is 5.52. The zero-order valence-corrected chi connectivity index (χ0v) is 20.3. The molecule has 1 atom stereocenters. The first-order valence-corrected chi connectivity index (χ1v) is 12.7. The van der Waals surface area contributed by atoms with Crippen molar-refractivity contribution in [1.29, 1.82) is 0 Å². The Morgan fingerprint density at radius 1 is 1.00 bits per heavy atom. The Morgan fingerprint density at radius 2 is 1.70 bits per heavy atom. The molecule has 0 saturated carbocycles. The van der Waals surface area contributed by atoms with Gasteiger partial charge in [-0.2, -0.15) is 0 Å². The van der Waals surface area contributed by atoms with Gasteiger partial charge in [0, 0.05) is 62.1 Å². The molecule has 2 aromatic rings. The maximum Gasteiger partial charge on any atom is 0.238 e. The number of benzene rings is 2. The van der Waals surface area contributed by atoms with Crippen LogP contribution in [0.4, 0.5) is 11.4 Å². The lowest BCUT2D eigenvalue weighted by atomic mass is 10.1. The van der Waals surface area contributed by atoms with Gasteiger partial charge in [-0.15, -0.1) is 0 Å². The molecule has 1 unspecified atom stereocenters. The Kier molecular flexibility index (Phi) is 8.27. The van der Waals surface area contributed by atoms with E-state index in [1.807, 2.05) is 11.8 Å². The largest absolute Gasteiger partial charge is 0.353 e. The van der Waals surface area contributed by atoms with E-state index in [1.54, 1.807) is 0 Å². The minimum Gasteiger partial charge on any atom is -0.353 e. The van der Waals surface area contributed by atoms with Gasteiger partial charge < -0.3 is 26.6 Å². The van der Waals surface area contributed by atoms with E-state index in [0.717, 1.165) is 52.2 Å². The number of fused-ring (bicyclic) bond motifs is 2. The van der Waals surface area contributed by atoms with Gasteiger partial charge in [0.15, 0.2) is 0 Å². The first-order chi connectivity index (χ1) is 16.0. The summed E-state index contributed by atoms with van der Waals surface area (Å²) in [4.78, 5) is 21.9. The van der Waals surface area contributed by atoms with Crippen molar-refractivity contribution in [1.82, 2.24) is 15.1 Å². The summed E-state index contributed by atoms with van der Waals surface area (Å²) in [7, 11) is 0. The highest BCUT2D eigenvalue weighted by molar-refractivity contribution is 7.99. The lowest BCUT2D eigenvalue weighted by Gasteiger charge is -2.36. The van der Waals surface area contributed by atoms with Crippen LogP contribution in [0.5, 0.6) is 0 Å². The predicted molar refractivity (Wildman–Crippen MR) is 136 cm³/mol. The number of rotatable bonds is 9. The van der Waals surface area contributed by atoms with Crippen LogP contribution in [0.1, 0.15) is 12.0 Å². The quantitative estimate of drug-likeness (QED) is 0.519. The zero-order chi connectivity index (χ0) is 23.2. The molecule has 0 radical (unpaired) electrons. The molecular formula is C25H36N6OS. The van der Waals surface area contributed by atoms with E-state index in [1.165, 1.54) is 26.7 Å². The van der Waals surface area contributed by atoms with E-state index in [2.05, 4.69) is 69.4 Å². The van der Waals surface area contributed by atoms with Crippen molar-refractivity contribution < 1.29 is 4.79 Å². The number of nitrogens with one attached hydrogen (secondary N) is 1. The number of nitrogens with zero attached hydrogens (tertiary/aromatic N) is 3. The highest BCUT2D eigenvalue weighted by atomic mass is 32.2. The Labute approximate surface area is 201 Å². The molecule has 8 heteroatoms. The van der Waals surface area contributed by atoms with Crippen molar-refractivity contribution in [2.75, 3.05) is 63.8 Å². The Morgan fingerprint density at radius 3 is 2.45 bits per heavy atom. The van der Waals surface area contributed by atoms with E-state index in [-0.39, 0.29) is 12.5 Å². The van der Waals surface area contributed by atoms with E-state index < -0.39 is 6.04 Å². The van der Waals surface area contributed by atoms with E-state index in [0.29, 0.717) is 6.54 Å². The molecule has 1 amide bonds. The van der Waals surface area contributed by atoms with Crippen LogP contribution < -0.4 is 21.7 Å². The summed E-state index contributed by atoms with van der Waals surface area (Å²) < 4.78 is 0. The highest BCUT2D eigenvalue weighted by Gasteiger charge is 2.23. The smallest absolute Gasteiger partial charge is 0.238 e. The second-order valence-electron chi connectivity index (χ2n) is 8.86. The Hall–Kier alpha value is -2.10. The third-order valence-corrected chi connectivity index (χ3v) is 7.55. The first kappa shape index (κ1) is 24.0. The summed E-state index contributed by atoms with van der Waals surface area (Å²) in [6.07, 6.45) is 1.12. The lowest BCUT2D eigenvalue weighted by Crippen LogP contribution is -2.50. The Balaban J connectivity index is 1.24. The standard InChI is InChI=1S/C25H36N6OS/c1-19-7-8-24-22(17-19)31(21-5-2-3-6-23(21)33-24)11-4-10-29-13-15-30(16-14-29)12-9-28-25(32)20(27)18-26/h2-3,5-8,17,20H,4,9-16,18,26-27H2,1H3,(H,28,32). The molecule has 33 heavy (non-hydrogen) atoms. The van der Waals surface area contributed by atoms with Crippen molar-refractivity contribution in [2.45, 2.75) is 29.2 Å². The molecule has 4 rings (SSSR count). The van der Waals surface area contributed by atoms with Crippen LogP contribution in [-0.2, 0) is 4.79 Å². The molecule has 2 heterocycles. The second kappa shape index (κ2) is 11.4. The molecule has 0 aromatic heterocycles. The number of hydrogen-bond acceptors (Lipinski definition) is 7. The van der Waals surface area contributed by atoms with Gasteiger partial charge in [-0.1, -0.05) is 30.0 Å². The molecule has 178 valence electrons. The van der Waals surface area contributed by atoms with Crippen LogP contribution in [-0.4, -0.2) is 80.7 Å². The van der Waals surface area contributed by atoms with Crippen molar-refractivity contribution in [3.05, 3.63) is 48.0 Å². The van der Waals surface area contributed by atoms with Crippen molar-refractivity contribution in [2.24, 2.45) is 11.5 Å². The van der Waals surface area contributed by atoms with Crippen molar-refractivity contribution >= 4 is 29.0 Å². The van der Waals surface area contributed by atoms with E-state index in [9.17, 15) is 4.79 Å². The molecule has 7 nitrogen and oxygen atoms in total. The molecule has 0 spiro atoms. The van der Waals surface area contributed by atoms with Crippen LogP contribution in [0.2, 0.25) is 0 Å². The molecule has 5 N–H and O–H groups in total. The number of para-hydroxylation sites is 1. The molecular weight excluding hydrogens is 432 g/mol. The number of carbonyl (C=O) groups is 1. The van der Waals surface area contributed by atoms with Gasteiger partial charge >= 0.3 is 0 Å². The van der Waals surface area contributed by atoms with Gasteiger partial charge in [-0.3, -0.25) is 9.69 Å². The van der Waals surface area contributed by atoms with Gasteiger partial charge in [-0.25, -0.2) is 0 Å². The van der Waals surface area contributed by atoms with Crippen molar-refractivity contribution in [3.8, 4) is 0 Å². The third kappa shape index (κ3) is 6.07. The minimum atomic E-state index is -0.608. The number of aryl methyl sites for hydroxylation is 1. The molecule has 0 bridgehead atoms. The summed E-state index contributed by atoms with van der Waals surface area (Å²) in [6, 6.07) is 14.9. The number of hydrogen-bond donors (Lipinski definition) is 3. The fraction of sp³-hybridized carbons (Fsp3) is 0.480. The van der Waals surface area contributed by atoms with Crippen LogP contribution in [0.15, 0.2) is 52.3 Å². The first-order valence-electron chi connectivity index (χ1n) is 11.9. The van der Waals surface area contributed by atoms with Crippen LogP contribution in [0.25, 0.3) is 0 Å². The fourth-order valence-electron chi connectivity index (χ4n) is 4.44. The molecule has 0 aliphatic carbocycles. The number of nitrogens with two attached hydrogens (primary N) is 2. The van der Waals surface area contributed by atoms with E-state index >= 15 is 0 Å². The Bertz CT molecular complexity index is 946. The third-order valence-electron chi connectivity index (χ3n) is 6.42. The van der Waals surface area contributed by atoms with Gasteiger partial charge in [0.1, 0.15) is 0 Å². The van der Waals surface area contributed by atoms with Gasteiger partial charge in [-0.05, 0) is 49.7 Å². The summed E-state index contributed by atoms with van der Waals surface area (Å²) in [6.45, 7) is 10.1. The predicted octanol–water partition coefficient (Wildman–Crippen LogP) is 2.01. The number of carbonyl (C=O) groups excluding carboxylic acids is 1. The summed E-state index contributed by atoms with van der Waals surface area (Å²) in [5, 5.41) is 2.88. The molecule has 1 saturated heterocycles. The molecule has 2 aliphatic rings. The van der Waals surface area contributed by atoms with Gasteiger partial charge in [0.05, 0.1) is 17.4 Å². The maximum atomic E-state index is 11.7. The van der Waals surface area contributed by atoms with Crippen molar-refractivity contribution in [3.63, 3.8) is 0 Å². The summed E-state index contributed by atoms with van der Waals surface area (Å²) >= 11 is 1.87. The van der Waals surface area contributed by atoms with E-state index in [4.69, 9.17) is 11.5 Å². The lowest BCUT2D eigenvalue weighted by molar-refractivity contribution is -0.122.